The third kappa shape index (κ3) is 7.43. The fourth-order valence-electron chi connectivity index (χ4n) is 4.51. The Kier molecular flexibility index (Phi) is 9.15. The number of benzene rings is 3. The van der Waals surface area contributed by atoms with Gasteiger partial charge >= 0.3 is 5.97 Å². The van der Waals surface area contributed by atoms with Crippen molar-refractivity contribution in [3.8, 4) is 5.75 Å². The third-order valence-corrected chi connectivity index (χ3v) is 8.59. The van der Waals surface area contributed by atoms with Crippen LogP contribution in [-0.2, 0) is 32.6 Å². The number of amides is 1. The molecule has 1 unspecified atom stereocenters. The Bertz CT molecular complexity index is 1310. The Morgan fingerprint density at radius 1 is 0.895 bits per heavy atom. The number of piperidine rings is 1. The highest BCUT2D eigenvalue weighted by atomic mass is 32.2. The lowest BCUT2D eigenvalue weighted by Gasteiger charge is -2.31. The Morgan fingerprint density at radius 3 is 2.11 bits per heavy atom. The first-order valence-electron chi connectivity index (χ1n) is 12.6. The van der Waals surface area contributed by atoms with Crippen LogP contribution in [0.1, 0.15) is 30.4 Å². The van der Waals surface area contributed by atoms with E-state index in [1.807, 2.05) is 30.3 Å². The first-order chi connectivity index (χ1) is 18.3. The molecule has 0 saturated carbocycles. The fourth-order valence-corrected chi connectivity index (χ4v) is 6.00. The largest absolute Gasteiger partial charge is 0.489 e. The van der Waals surface area contributed by atoms with Crippen LogP contribution in [0, 0.1) is 5.92 Å². The molecule has 0 spiro atoms. The van der Waals surface area contributed by atoms with Crippen LogP contribution in [0.15, 0.2) is 89.8 Å². The van der Waals surface area contributed by atoms with E-state index in [2.05, 4.69) is 5.32 Å². The summed E-state index contributed by atoms with van der Waals surface area (Å²) in [6.45, 7) is 1.09. The molecule has 200 valence electrons. The van der Waals surface area contributed by atoms with Gasteiger partial charge in [-0.3, -0.25) is 4.79 Å². The van der Waals surface area contributed by atoms with Crippen molar-refractivity contribution in [1.29, 1.82) is 0 Å². The van der Waals surface area contributed by atoms with E-state index >= 15 is 0 Å². The summed E-state index contributed by atoms with van der Waals surface area (Å²) in [6, 6.07) is 24.2. The fraction of sp³-hybridized carbons (Fsp3) is 0.310. The monoisotopic (exact) mass is 536 g/mol. The maximum absolute atomic E-state index is 12.8. The molecule has 4 rings (SSSR count). The van der Waals surface area contributed by atoms with E-state index in [9.17, 15) is 23.1 Å². The average Bonchev–Trinajstić information content (AvgIpc) is 2.93. The summed E-state index contributed by atoms with van der Waals surface area (Å²) in [5.74, 6) is -0.780. The van der Waals surface area contributed by atoms with Crippen LogP contribution in [0.3, 0.4) is 0 Å². The first-order valence-corrected chi connectivity index (χ1v) is 14.1. The molecule has 0 aromatic heterocycles. The highest BCUT2D eigenvalue weighted by Gasteiger charge is 2.30. The zero-order valence-electron chi connectivity index (χ0n) is 21.0. The summed E-state index contributed by atoms with van der Waals surface area (Å²) in [5.41, 5.74) is 1.82. The number of carboxylic acid groups (broad SMARTS) is 1. The molecule has 1 aliphatic rings. The van der Waals surface area contributed by atoms with Gasteiger partial charge in [-0.15, -0.1) is 0 Å². The van der Waals surface area contributed by atoms with Gasteiger partial charge in [-0.2, -0.15) is 4.31 Å². The number of hydrogen-bond acceptors (Lipinski definition) is 5. The molecule has 2 N–H and O–H groups in total. The summed E-state index contributed by atoms with van der Waals surface area (Å²) in [4.78, 5) is 24.8. The van der Waals surface area contributed by atoms with E-state index < -0.39 is 22.0 Å². The summed E-state index contributed by atoms with van der Waals surface area (Å²) in [5, 5.41) is 12.3. The maximum atomic E-state index is 12.8. The van der Waals surface area contributed by atoms with Crippen LogP contribution in [0.2, 0.25) is 0 Å². The van der Waals surface area contributed by atoms with Crippen molar-refractivity contribution in [3.63, 3.8) is 0 Å². The predicted octanol–water partition coefficient (Wildman–Crippen LogP) is 3.87. The molecule has 0 bridgehead atoms. The Hall–Kier alpha value is -3.69. The van der Waals surface area contributed by atoms with Crippen LogP contribution < -0.4 is 10.1 Å². The van der Waals surface area contributed by atoms with Crippen LogP contribution in [0.5, 0.6) is 5.75 Å². The lowest BCUT2D eigenvalue weighted by Crippen LogP contribution is -2.44. The van der Waals surface area contributed by atoms with Crippen LogP contribution in [-0.4, -0.2) is 48.8 Å². The molecule has 1 aliphatic heterocycles. The number of carbonyl (C=O) groups is 2. The molecule has 9 heteroatoms. The van der Waals surface area contributed by atoms with Gasteiger partial charge in [0.05, 0.1) is 4.90 Å². The van der Waals surface area contributed by atoms with Crippen molar-refractivity contribution in [3.05, 3.63) is 96.1 Å². The SMILES string of the molecule is O=C(CC1CCN(S(=O)(=O)c2ccccc2)CC1)NC(Cc1ccc(OCc2ccccc2)cc1)C(=O)O. The minimum atomic E-state index is -3.55. The highest BCUT2D eigenvalue weighted by Crippen LogP contribution is 2.25. The number of hydrogen-bond donors (Lipinski definition) is 2. The molecule has 8 nitrogen and oxygen atoms in total. The predicted molar refractivity (Wildman–Crippen MR) is 143 cm³/mol. The van der Waals surface area contributed by atoms with Crippen LogP contribution >= 0.6 is 0 Å². The number of ether oxygens (including phenoxy) is 1. The van der Waals surface area contributed by atoms with Gasteiger partial charge in [0.25, 0.3) is 0 Å². The normalized spacial score (nSPS) is 15.5. The van der Waals surface area contributed by atoms with E-state index in [1.165, 1.54) is 4.31 Å². The second-order valence-corrected chi connectivity index (χ2v) is 11.4. The van der Waals surface area contributed by atoms with Crippen molar-refractivity contribution in [2.24, 2.45) is 5.92 Å². The van der Waals surface area contributed by atoms with Gasteiger partial charge in [-0.05, 0) is 54.2 Å². The highest BCUT2D eigenvalue weighted by molar-refractivity contribution is 7.89. The molecule has 1 fully saturated rings. The van der Waals surface area contributed by atoms with E-state index in [0.717, 1.165) is 11.1 Å². The zero-order valence-corrected chi connectivity index (χ0v) is 21.8. The zero-order chi connectivity index (χ0) is 27.0. The topological polar surface area (TPSA) is 113 Å². The van der Waals surface area contributed by atoms with Crippen molar-refractivity contribution < 1.29 is 27.9 Å². The quantitative estimate of drug-likeness (QED) is 0.385. The van der Waals surface area contributed by atoms with Gasteiger partial charge in [0.1, 0.15) is 18.4 Å². The lowest BCUT2D eigenvalue weighted by molar-refractivity contribution is -0.142. The van der Waals surface area contributed by atoms with E-state index in [0.29, 0.717) is 38.3 Å². The molecule has 38 heavy (non-hydrogen) atoms. The van der Waals surface area contributed by atoms with Crippen molar-refractivity contribution in [2.75, 3.05) is 13.1 Å². The Morgan fingerprint density at radius 2 is 1.50 bits per heavy atom. The van der Waals surface area contributed by atoms with E-state index in [-0.39, 0.29) is 29.6 Å². The summed E-state index contributed by atoms with van der Waals surface area (Å²) >= 11 is 0. The van der Waals surface area contributed by atoms with Crippen LogP contribution in [0.4, 0.5) is 0 Å². The molecular weight excluding hydrogens is 504 g/mol. The summed E-state index contributed by atoms with van der Waals surface area (Å²) in [6.07, 6.45) is 1.40. The summed E-state index contributed by atoms with van der Waals surface area (Å²) in [7, 11) is -3.55. The second kappa shape index (κ2) is 12.7. The molecule has 1 amide bonds. The molecule has 0 radical (unpaired) electrons. The van der Waals surface area contributed by atoms with Gasteiger partial charge in [-0.25, -0.2) is 13.2 Å². The minimum absolute atomic E-state index is 0.00675. The standard InChI is InChI=1S/C29H32N2O6S/c32-28(20-23-15-17-31(18-16-23)38(35,36)26-9-5-2-6-10-26)30-27(29(33)34)19-22-11-13-25(14-12-22)37-21-24-7-3-1-4-8-24/h1-14,23,27H,15-21H2,(H,30,32)(H,33,34). The van der Waals surface area contributed by atoms with E-state index in [1.54, 1.807) is 54.6 Å². The maximum Gasteiger partial charge on any atom is 0.326 e. The third-order valence-electron chi connectivity index (χ3n) is 6.67. The smallest absolute Gasteiger partial charge is 0.326 e. The number of carbonyl (C=O) groups excluding carboxylic acids is 1. The number of sulfonamides is 1. The molecule has 0 aliphatic carbocycles. The van der Waals surface area contributed by atoms with Gasteiger partial charge in [0.15, 0.2) is 0 Å². The van der Waals surface area contributed by atoms with Gasteiger partial charge in [-0.1, -0.05) is 60.7 Å². The number of nitrogens with zero attached hydrogens (tertiary/aromatic N) is 1. The van der Waals surface area contributed by atoms with E-state index in [4.69, 9.17) is 4.74 Å². The lowest BCUT2D eigenvalue weighted by atomic mass is 9.94. The minimum Gasteiger partial charge on any atom is -0.489 e. The molecule has 1 saturated heterocycles. The van der Waals surface area contributed by atoms with Gasteiger partial charge in [0, 0.05) is 25.9 Å². The van der Waals surface area contributed by atoms with Gasteiger partial charge < -0.3 is 15.2 Å². The Balaban J connectivity index is 1.25. The molecule has 3 aromatic carbocycles. The molecular formula is C29H32N2O6S. The second-order valence-electron chi connectivity index (χ2n) is 9.45. The van der Waals surface area contributed by atoms with Gasteiger partial charge in [0.2, 0.25) is 15.9 Å². The van der Waals surface area contributed by atoms with Crippen molar-refractivity contribution >= 4 is 21.9 Å². The summed E-state index contributed by atoms with van der Waals surface area (Å²) < 4.78 is 32.8. The van der Waals surface area contributed by atoms with Crippen molar-refractivity contribution in [1.82, 2.24) is 9.62 Å². The number of rotatable bonds is 11. The Labute approximate surface area is 223 Å². The van der Waals surface area contributed by atoms with Crippen molar-refractivity contribution in [2.45, 2.75) is 43.2 Å². The average molecular weight is 537 g/mol. The number of carboxylic acids is 1. The number of nitrogens with one attached hydrogen (secondary N) is 1. The van der Waals surface area contributed by atoms with Crippen LogP contribution in [0.25, 0.3) is 0 Å². The first kappa shape index (κ1) is 27.3. The molecule has 1 heterocycles. The number of aliphatic carboxylic acids is 1. The molecule has 3 aromatic rings. The molecule has 1 atom stereocenters.